The Kier molecular flexibility index (Phi) is 4.80. The molecule has 0 unspecified atom stereocenters. The van der Waals surface area contributed by atoms with Gasteiger partial charge in [-0.15, -0.1) is 10.2 Å². The van der Waals surface area contributed by atoms with Crippen LogP contribution in [0.5, 0.6) is 0 Å². The maximum atomic E-state index is 11.6. The van der Waals surface area contributed by atoms with Crippen LogP contribution in [0.4, 0.5) is 5.82 Å². The molecule has 0 aliphatic heterocycles. The van der Waals surface area contributed by atoms with Crippen LogP contribution in [0.25, 0.3) is 0 Å². The number of carbonyl (C=O) groups excluding carboxylic acids is 2. The molecule has 0 saturated carbocycles. The van der Waals surface area contributed by atoms with Crippen LogP contribution in [-0.4, -0.2) is 34.1 Å². The van der Waals surface area contributed by atoms with E-state index in [-0.39, 0.29) is 41.8 Å². The van der Waals surface area contributed by atoms with Gasteiger partial charge in [0.25, 0.3) is 5.91 Å². The zero-order valence-electron chi connectivity index (χ0n) is 11.4. The average molecular weight is 265 g/mol. The van der Waals surface area contributed by atoms with Gasteiger partial charge in [0.05, 0.1) is 0 Å². The van der Waals surface area contributed by atoms with E-state index in [0.717, 1.165) is 0 Å². The molecule has 0 radical (unpaired) electrons. The molecular weight excluding hydrogens is 246 g/mol. The number of nitrogens with zero attached hydrogens (tertiary/aromatic N) is 2. The van der Waals surface area contributed by atoms with E-state index in [0.29, 0.717) is 0 Å². The Labute approximate surface area is 112 Å². The van der Waals surface area contributed by atoms with Gasteiger partial charge >= 0.3 is 0 Å². The van der Waals surface area contributed by atoms with Crippen LogP contribution in [0.2, 0.25) is 0 Å². The SMILES string of the molecule is CC(C)(C)NC(=O)CCNC(=O)c1ccc(N)nn1. The van der Waals surface area contributed by atoms with Crippen LogP contribution < -0.4 is 16.4 Å². The quantitative estimate of drug-likeness (QED) is 0.715. The molecule has 7 nitrogen and oxygen atoms in total. The lowest BCUT2D eigenvalue weighted by Crippen LogP contribution is -2.42. The molecule has 2 amide bonds. The van der Waals surface area contributed by atoms with E-state index in [4.69, 9.17) is 5.73 Å². The highest BCUT2D eigenvalue weighted by Gasteiger charge is 2.14. The molecule has 0 bridgehead atoms. The van der Waals surface area contributed by atoms with Gasteiger partial charge in [-0.3, -0.25) is 9.59 Å². The molecule has 0 aliphatic carbocycles. The zero-order chi connectivity index (χ0) is 14.5. The maximum Gasteiger partial charge on any atom is 0.271 e. The molecule has 19 heavy (non-hydrogen) atoms. The van der Waals surface area contributed by atoms with E-state index in [1.54, 1.807) is 0 Å². The Bertz CT molecular complexity index is 450. The van der Waals surface area contributed by atoms with Crippen LogP contribution >= 0.6 is 0 Å². The van der Waals surface area contributed by atoms with E-state index in [9.17, 15) is 9.59 Å². The number of rotatable bonds is 4. The van der Waals surface area contributed by atoms with E-state index < -0.39 is 0 Å². The first-order valence-electron chi connectivity index (χ1n) is 5.96. The standard InChI is InChI=1S/C12H19N5O2/c1-12(2,3)15-10(18)6-7-14-11(19)8-4-5-9(13)17-16-8/h4-5H,6-7H2,1-3H3,(H2,13,17)(H,14,19)(H,15,18). The molecule has 0 fully saturated rings. The fraction of sp³-hybridized carbons (Fsp3) is 0.500. The van der Waals surface area contributed by atoms with Gasteiger partial charge in [-0.05, 0) is 32.9 Å². The summed E-state index contributed by atoms with van der Waals surface area (Å²) >= 11 is 0. The number of nitrogens with one attached hydrogen (secondary N) is 2. The summed E-state index contributed by atoms with van der Waals surface area (Å²) in [5.74, 6) is -0.242. The van der Waals surface area contributed by atoms with E-state index >= 15 is 0 Å². The maximum absolute atomic E-state index is 11.6. The fourth-order valence-electron chi connectivity index (χ4n) is 1.32. The molecule has 0 saturated heterocycles. The third-order valence-electron chi connectivity index (χ3n) is 2.07. The molecule has 0 atom stereocenters. The van der Waals surface area contributed by atoms with Crippen molar-refractivity contribution in [2.75, 3.05) is 12.3 Å². The van der Waals surface area contributed by atoms with Crippen molar-refractivity contribution in [3.05, 3.63) is 17.8 Å². The first-order chi connectivity index (χ1) is 8.78. The third kappa shape index (κ3) is 5.80. The lowest BCUT2D eigenvalue weighted by molar-refractivity contribution is -0.122. The second-order valence-corrected chi connectivity index (χ2v) is 5.15. The summed E-state index contributed by atoms with van der Waals surface area (Å²) in [4.78, 5) is 23.2. The smallest absolute Gasteiger partial charge is 0.271 e. The summed E-state index contributed by atoms with van der Waals surface area (Å²) in [6, 6.07) is 2.97. The molecule has 0 aliphatic rings. The monoisotopic (exact) mass is 265 g/mol. The molecule has 1 heterocycles. The highest BCUT2D eigenvalue weighted by molar-refractivity contribution is 5.92. The van der Waals surface area contributed by atoms with Gasteiger partial charge in [0, 0.05) is 18.5 Å². The Balaban J connectivity index is 2.35. The minimum absolute atomic E-state index is 0.115. The molecule has 1 aromatic heterocycles. The normalized spacial score (nSPS) is 10.9. The van der Waals surface area contributed by atoms with Gasteiger partial charge in [-0.25, -0.2) is 0 Å². The lowest BCUT2D eigenvalue weighted by Gasteiger charge is -2.20. The number of aromatic nitrogens is 2. The zero-order valence-corrected chi connectivity index (χ0v) is 11.4. The third-order valence-corrected chi connectivity index (χ3v) is 2.07. The second kappa shape index (κ2) is 6.12. The number of anilines is 1. The summed E-state index contributed by atoms with van der Waals surface area (Å²) in [5, 5.41) is 12.6. The molecule has 1 aromatic rings. The van der Waals surface area contributed by atoms with Gasteiger partial charge in [-0.2, -0.15) is 0 Å². The highest BCUT2D eigenvalue weighted by Crippen LogP contribution is 1.99. The van der Waals surface area contributed by atoms with Gasteiger partial charge in [0.15, 0.2) is 5.69 Å². The van der Waals surface area contributed by atoms with Gasteiger partial charge < -0.3 is 16.4 Å². The Morgan fingerprint density at radius 2 is 1.95 bits per heavy atom. The number of hydrogen-bond donors (Lipinski definition) is 3. The number of hydrogen-bond acceptors (Lipinski definition) is 5. The lowest BCUT2D eigenvalue weighted by atomic mass is 10.1. The average Bonchev–Trinajstić information content (AvgIpc) is 2.27. The predicted octanol–water partition coefficient (Wildman–Crippen LogP) is 0.0934. The summed E-state index contributed by atoms with van der Waals surface area (Å²) in [7, 11) is 0. The Morgan fingerprint density at radius 3 is 2.47 bits per heavy atom. The predicted molar refractivity (Wildman–Crippen MR) is 71.3 cm³/mol. The largest absolute Gasteiger partial charge is 0.382 e. The number of nitrogen functional groups attached to an aromatic ring is 1. The summed E-state index contributed by atoms with van der Waals surface area (Å²) in [5.41, 5.74) is 5.26. The highest BCUT2D eigenvalue weighted by atomic mass is 16.2. The summed E-state index contributed by atoms with van der Waals surface area (Å²) < 4.78 is 0. The van der Waals surface area contributed by atoms with Gasteiger partial charge in [0.2, 0.25) is 5.91 Å². The van der Waals surface area contributed by atoms with Crippen molar-refractivity contribution in [3.8, 4) is 0 Å². The molecule has 4 N–H and O–H groups in total. The number of nitrogens with two attached hydrogens (primary N) is 1. The van der Waals surface area contributed by atoms with Crippen molar-refractivity contribution in [3.63, 3.8) is 0 Å². The van der Waals surface area contributed by atoms with E-state index in [2.05, 4.69) is 20.8 Å². The van der Waals surface area contributed by atoms with Crippen LogP contribution in [0.1, 0.15) is 37.7 Å². The fourth-order valence-corrected chi connectivity index (χ4v) is 1.32. The van der Waals surface area contributed by atoms with Crippen molar-refractivity contribution in [2.45, 2.75) is 32.7 Å². The Hall–Kier alpha value is -2.18. The van der Waals surface area contributed by atoms with Gasteiger partial charge in [0.1, 0.15) is 5.82 Å². The van der Waals surface area contributed by atoms with Crippen LogP contribution in [-0.2, 0) is 4.79 Å². The minimum Gasteiger partial charge on any atom is -0.382 e. The molecule has 0 spiro atoms. The summed E-state index contributed by atoms with van der Waals surface area (Å²) in [6.07, 6.45) is 0.214. The first kappa shape index (κ1) is 14.9. The number of amides is 2. The van der Waals surface area contributed by atoms with Crippen molar-refractivity contribution in [1.29, 1.82) is 0 Å². The van der Waals surface area contributed by atoms with E-state index in [1.165, 1.54) is 12.1 Å². The molecule has 104 valence electrons. The molecule has 7 heteroatoms. The van der Waals surface area contributed by atoms with Crippen LogP contribution in [0.15, 0.2) is 12.1 Å². The first-order valence-corrected chi connectivity index (χ1v) is 5.96. The second-order valence-electron chi connectivity index (χ2n) is 5.15. The minimum atomic E-state index is -0.379. The molecule has 1 rings (SSSR count). The van der Waals surface area contributed by atoms with E-state index in [1.807, 2.05) is 20.8 Å². The molecule has 0 aromatic carbocycles. The van der Waals surface area contributed by atoms with Crippen molar-refractivity contribution < 1.29 is 9.59 Å². The summed E-state index contributed by atoms with van der Waals surface area (Å²) in [6.45, 7) is 5.93. The van der Waals surface area contributed by atoms with Crippen molar-refractivity contribution in [1.82, 2.24) is 20.8 Å². The van der Waals surface area contributed by atoms with Gasteiger partial charge in [-0.1, -0.05) is 0 Å². The van der Waals surface area contributed by atoms with Crippen LogP contribution in [0.3, 0.4) is 0 Å². The van der Waals surface area contributed by atoms with Crippen molar-refractivity contribution >= 4 is 17.6 Å². The Morgan fingerprint density at radius 1 is 1.26 bits per heavy atom. The van der Waals surface area contributed by atoms with Crippen molar-refractivity contribution in [2.24, 2.45) is 0 Å². The molecular formula is C12H19N5O2. The topological polar surface area (TPSA) is 110 Å². The number of carbonyl (C=O) groups is 2. The van der Waals surface area contributed by atoms with Crippen LogP contribution in [0, 0.1) is 0 Å².